The van der Waals surface area contributed by atoms with Crippen molar-refractivity contribution in [1.29, 1.82) is 0 Å². The average Bonchev–Trinajstić information content (AvgIpc) is 3.75. The van der Waals surface area contributed by atoms with E-state index in [2.05, 4.69) is 213 Å². The summed E-state index contributed by atoms with van der Waals surface area (Å²) in [6.45, 7) is 4.74. The first-order chi connectivity index (χ1) is 30.5. The summed E-state index contributed by atoms with van der Waals surface area (Å²) in [6, 6.07) is 69.9. The fraction of sp³-hybridized carbons (Fsp3) is 0.0517. The van der Waals surface area contributed by atoms with E-state index in [4.69, 9.17) is 15.0 Å². The predicted molar refractivity (Wildman–Crippen MR) is 255 cm³/mol. The van der Waals surface area contributed by atoms with E-state index in [0.29, 0.717) is 17.5 Å². The van der Waals surface area contributed by atoms with E-state index in [1.165, 1.54) is 55.4 Å². The molecule has 9 aromatic carbocycles. The van der Waals surface area contributed by atoms with E-state index in [0.717, 1.165) is 55.2 Å². The van der Waals surface area contributed by atoms with Gasteiger partial charge in [-0.25, -0.2) is 15.0 Å². The third-order valence-corrected chi connectivity index (χ3v) is 13.3. The molecule has 0 N–H and O–H groups in total. The van der Waals surface area contributed by atoms with Gasteiger partial charge in [-0.3, -0.25) is 0 Å². The molecule has 1 aliphatic carbocycles. The number of nitrogens with zero attached hydrogens (tertiary/aromatic N) is 4. The second kappa shape index (κ2) is 13.0. The van der Waals surface area contributed by atoms with Gasteiger partial charge in [0.15, 0.2) is 17.5 Å². The van der Waals surface area contributed by atoms with E-state index in [1.54, 1.807) is 0 Å². The van der Waals surface area contributed by atoms with Gasteiger partial charge in [-0.1, -0.05) is 166 Å². The number of para-hydroxylation sites is 2. The third kappa shape index (κ3) is 5.04. The van der Waals surface area contributed by atoms with Crippen LogP contribution in [0.15, 0.2) is 194 Å². The summed E-state index contributed by atoms with van der Waals surface area (Å²) < 4.78 is 2.51. The molecule has 0 bridgehead atoms. The molecule has 0 radical (unpaired) electrons. The summed E-state index contributed by atoms with van der Waals surface area (Å²) in [7, 11) is 0. The van der Waals surface area contributed by atoms with Gasteiger partial charge in [-0.05, 0) is 97.7 Å². The Morgan fingerprint density at radius 3 is 1.77 bits per heavy atom. The number of hydrogen-bond donors (Lipinski definition) is 0. The second-order valence-electron chi connectivity index (χ2n) is 17.2. The lowest BCUT2D eigenvalue weighted by atomic mass is 9.81. The first-order valence-corrected chi connectivity index (χ1v) is 21.4. The van der Waals surface area contributed by atoms with Crippen molar-refractivity contribution in [2.24, 2.45) is 0 Å². The molecule has 11 aromatic rings. The van der Waals surface area contributed by atoms with Crippen LogP contribution in [0.25, 0.3) is 117 Å². The molecule has 290 valence electrons. The van der Waals surface area contributed by atoms with Crippen molar-refractivity contribution in [3.8, 4) is 84.4 Å². The van der Waals surface area contributed by atoms with E-state index >= 15 is 0 Å². The van der Waals surface area contributed by atoms with Crippen molar-refractivity contribution in [3.63, 3.8) is 0 Å². The molecule has 2 aromatic heterocycles. The molecule has 0 unspecified atom stereocenters. The summed E-state index contributed by atoms with van der Waals surface area (Å²) in [5.74, 6) is 1.92. The van der Waals surface area contributed by atoms with Crippen LogP contribution in [-0.4, -0.2) is 19.5 Å². The van der Waals surface area contributed by atoms with Crippen molar-refractivity contribution < 1.29 is 0 Å². The van der Waals surface area contributed by atoms with E-state index < -0.39 is 0 Å². The van der Waals surface area contributed by atoms with Crippen LogP contribution < -0.4 is 0 Å². The lowest BCUT2D eigenvalue weighted by Gasteiger charge is -2.23. The van der Waals surface area contributed by atoms with Crippen molar-refractivity contribution in [2.45, 2.75) is 19.3 Å². The minimum atomic E-state index is -0.275. The predicted octanol–water partition coefficient (Wildman–Crippen LogP) is 14.7. The molecule has 13 rings (SSSR count). The van der Waals surface area contributed by atoms with Crippen LogP contribution in [0.4, 0.5) is 0 Å². The molecular weight excluding hydrogens is 753 g/mol. The number of aromatic nitrogens is 4. The second-order valence-corrected chi connectivity index (χ2v) is 17.2. The summed E-state index contributed by atoms with van der Waals surface area (Å²) in [6.07, 6.45) is 0. The van der Waals surface area contributed by atoms with Crippen molar-refractivity contribution in [2.75, 3.05) is 0 Å². The zero-order valence-corrected chi connectivity index (χ0v) is 34.3. The molecule has 0 amide bonds. The largest absolute Gasteiger partial charge is 0.308 e. The zero-order valence-electron chi connectivity index (χ0n) is 34.3. The standard InChI is InChI=1S/C58H38N4/c1-58(2)47-25-15-24-44-43-22-11-13-26-49(43)62-50-27-14-12-23-45(50)51-46(34-48(58)53(52(44)47)54(51)62)57-60-55(39-29-28-37-20-9-10-21-38(37)30-39)59-56(61-57)42-32-40(35-16-5-3-6-17-35)31-41(33-42)36-18-7-4-8-19-36/h3-34H,1-2H3. The fourth-order valence-electron chi connectivity index (χ4n) is 10.4. The maximum absolute atomic E-state index is 5.57. The average molecular weight is 791 g/mol. The highest BCUT2D eigenvalue weighted by molar-refractivity contribution is 6.23. The lowest BCUT2D eigenvalue weighted by Crippen LogP contribution is -2.15. The van der Waals surface area contributed by atoms with Gasteiger partial charge in [0.25, 0.3) is 0 Å². The molecule has 0 saturated heterocycles. The van der Waals surface area contributed by atoms with Gasteiger partial charge in [0.05, 0.1) is 16.7 Å². The lowest BCUT2D eigenvalue weighted by molar-refractivity contribution is 0.661. The van der Waals surface area contributed by atoms with E-state index in [9.17, 15) is 0 Å². The van der Waals surface area contributed by atoms with Crippen LogP contribution in [0, 0.1) is 0 Å². The molecule has 0 fully saturated rings. The van der Waals surface area contributed by atoms with Crippen molar-refractivity contribution in [1.82, 2.24) is 19.5 Å². The van der Waals surface area contributed by atoms with Crippen LogP contribution in [-0.2, 0) is 5.41 Å². The Kier molecular flexibility index (Phi) is 7.32. The van der Waals surface area contributed by atoms with Gasteiger partial charge in [0.2, 0.25) is 0 Å². The van der Waals surface area contributed by atoms with Crippen LogP contribution in [0.1, 0.15) is 25.0 Å². The quantitative estimate of drug-likeness (QED) is 0.174. The minimum absolute atomic E-state index is 0.275. The van der Waals surface area contributed by atoms with Gasteiger partial charge < -0.3 is 4.57 Å². The van der Waals surface area contributed by atoms with E-state index in [1.807, 2.05) is 0 Å². The Morgan fingerprint density at radius 2 is 1.00 bits per heavy atom. The SMILES string of the molecule is CC1(C)c2cccc3c2-c2c1cc(-c1nc(-c4cc(-c5ccccc5)cc(-c5ccccc5)c4)nc(-c4ccc5ccccc5c4)n1)c1c4ccccc4n(c21)-c1ccccc1-3. The Hall–Kier alpha value is -7.95. The Bertz CT molecular complexity index is 3600. The highest BCUT2D eigenvalue weighted by Gasteiger charge is 2.42. The molecule has 2 aliphatic rings. The number of hydrogen-bond acceptors (Lipinski definition) is 3. The van der Waals surface area contributed by atoms with Gasteiger partial charge in [-0.15, -0.1) is 0 Å². The third-order valence-electron chi connectivity index (χ3n) is 13.3. The van der Waals surface area contributed by atoms with Crippen molar-refractivity contribution in [3.05, 3.63) is 205 Å². The molecular formula is C58H38N4. The highest BCUT2D eigenvalue weighted by Crippen LogP contribution is 2.59. The van der Waals surface area contributed by atoms with Crippen LogP contribution in [0.5, 0.6) is 0 Å². The Labute approximate surface area is 359 Å². The number of benzene rings is 9. The molecule has 0 atom stereocenters. The molecule has 1 aliphatic heterocycles. The first kappa shape index (κ1) is 34.9. The maximum atomic E-state index is 5.57. The first-order valence-electron chi connectivity index (χ1n) is 21.4. The number of rotatable bonds is 5. The van der Waals surface area contributed by atoms with Gasteiger partial charge in [0.1, 0.15) is 0 Å². The summed E-state index contributed by atoms with van der Waals surface area (Å²) in [5.41, 5.74) is 18.4. The zero-order chi connectivity index (χ0) is 41.1. The van der Waals surface area contributed by atoms with E-state index in [-0.39, 0.29) is 5.41 Å². The molecule has 4 heteroatoms. The minimum Gasteiger partial charge on any atom is -0.308 e. The molecule has 0 saturated carbocycles. The maximum Gasteiger partial charge on any atom is 0.164 e. The van der Waals surface area contributed by atoms with Gasteiger partial charge >= 0.3 is 0 Å². The molecule has 0 spiro atoms. The molecule has 4 nitrogen and oxygen atoms in total. The molecule has 62 heavy (non-hydrogen) atoms. The summed E-state index contributed by atoms with van der Waals surface area (Å²) >= 11 is 0. The van der Waals surface area contributed by atoms with Gasteiger partial charge in [0, 0.05) is 44.0 Å². The Morgan fingerprint density at radius 1 is 0.387 bits per heavy atom. The summed E-state index contributed by atoms with van der Waals surface area (Å²) in [4.78, 5) is 16.5. The normalized spacial score (nSPS) is 13.1. The Balaban J connectivity index is 1.16. The fourth-order valence-corrected chi connectivity index (χ4v) is 10.4. The highest BCUT2D eigenvalue weighted by atomic mass is 15.0. The van der Waals surface area contributed by atoms with Crippen LogP contribution >= 0.6 is 0 Å². The molecule has 3 heterocycles. The monoisotopic (exact) mass is 790 g/mol. The summed E-state index contributed by atoms with van der Waals surface area (Å²) in [5, 5.41) is 4.64. The number of fused-ring (bicyclic) bond motifs is 7. The topological polar surface area (TPSA) is 43.6 Å². The smallest absolute Gasteiger partial charge is 0.164 e. The van der Waals surface area contributed by atoms with Crippen LogP contribution in [0.2, 0.25) is 0 Å². The van der Waals surface area contributed by atoms with Crippen molar-refractivity contribution >= 4 is 32.6 Å². The van der Waals surface area contributed by atoms with Crippen LogP contribution in [0.3, 0.4) is 0 Å². The van der Waals surface area contributed by atoms with Gasteiger partial charge in [-0.2, -0.15) is 0 Å².